The second-order valence-electron chi connectivity index (χ2n) is 3.92. The minimum Gasteiger partial charge on any atom is -0.313 e. The summed E-state index contributed by atoms with van der Waals surface area (Å²) in [7, 11) is 0. The first-order chi connectivity index (χ1) is 8.31. The number of halogens is 1. The van der Waals surface area contributed by atoms with E-state index in [9.17, 15) is 4.39 Å². The van der Waals surface area contributed by atoms with Crippen LogP contribution in [0.2, 0.25) is 0 Å². The Hall–Kier alpha value is -1.68. The van der Waals surface area contributed by atoms with Gasteiger partial charge < -0.3 is 5.32 Å². The second-order valence-corrected chi connectivity index (χ2v) is 3.92. The molecule has 0 radical (unpaired) electrons. The van der Waals surface area contributed by atoms with Gasteiger partial charge in [0.25, 0.3) is 0 Å². The molecule has 1 heterocycles. The first kappa shape index (κ1) is 11.8. The third-order valence-corrected chi connectivity index (χ3v) is 2.49. The summed E-state index contributed by atoms with van der Waals surface area (Å²) in [6.07, 6.45) is 4.71. The zero-order valence-corrected chi connectivity index (χ0v) is 9.86. The van der Waals surface area contributed by atoms with Crippen LogP contribution in [-0.2, 0) is 6.54 Å². The number of aromatic nitrogens is 2. The topological polar surface area (TPSA) is 29.9 Å². The van der Waals surface area contributed by atoms with Crippen LogP contribution in [0.5, 0.6) is 0 Å². The summed E-state index contributed by atoms with van der Waals surface area (Å²) in [4.78, 5) is 0. The third kappa shape index (κ3) is 2.91. The minimum absolute atomic E-state index is 0.260. The highest BCUT2D eigenvalue weighted by Gasteiger charge is 2.04. The van der Waals surface area contributed by atoms with E-state index in [1.54, 1.807) is 29.1 Å². The lowest BCUT2D eigenvalue weighted by Gasteiger charge is -2.02. The molecule has 90 valence electrons. The number of para-hydroxylation sites is 1. The van der Waals surface area contributed by atoms with Crippen molar-refractivity contribution in [3.8, 4) is 5.69 Å². The lowest BCUT2D eigenvalue weighted by atomic mass is 10.3. The summed E-state index contributed by atoms with van der Waals surface area (Å²) in [5.74, 6) is -0.260. The maximum absolute atomic E-state index is 13.5. The highest BCUT2D eigenvalue weighted by molar-refractivity contribution is 5.32. The summed E-state index contributed by atoms with van der Waals surface area (Å²) in [5.41, 5.74) is 1.54. The van der Waals surface area contributed by atoms with E-state index in [4.69, 9.17) is 0 Å². The molecule has 1 aromatic heterocycles. The molecule has 0 atom stereocenters. The number of hydrogen-bond donors (Lipinski definition) is 1. The van der Waals surface area contributed by atoms with Gasteiger partial charge in [0.05, 0.1) is 6.20 Å². The van der Waals surface area contributed by atoms with Crippen molar-refractivity contribution in [3.05, 3.63) is 48.0 Å². The fraction of sp³-hybridized carbons (Fsp3) is 0.308. The van der Waals surface area contributed by atoms with E-state index in [0.29, 0.717) is 5.69 Å². The van der Waals surface area contributed by atoms with E-state index >= 15 is 0 Å². The van der Waals surface area contributed by atoms with Crippen LogP contribution in [0.1, 0.15) is 18.9 Å². The largest absolute Gasteiger partial charge is 0.313 e. The van der Waals surface area contributed by atoms with Gasteiger partial charge in [0.2, 0.25) is 0 Å². The Morgan fingerprint density at radius 2 is 2.18 bits per heavy atom. The Morgan fingerprint density at radius 3 is 2.94 bits per heavy atom. The van der Waals surface area contributed by atoms with E-state index in [1.165, 1.54) is 6.07 Å². The van der Waals surface area contributed by atoms with E-state index in [-0.39, 0.29) is 5.82 Å². The molecule has 0 bridgehead atoms. The highest BCUT2D eigenvalue weighted by Crippen LogP contribution is 2.12. The molecule has 3 nitrogen and oxygen atoms in total. The Kier molecular flexibility index (Phi) is 3.88. The average Bonchev–Trinajstić information content (AvgIpc) is 2.79. The molecule has 0 aliphatic carbocycles. The molecule has 17 heavy (non-hydrogen) atoms. The van der Waals surface area contributed by atoms with Crippen molar-refractivity contribution in [3.63, 3.8) is 0 Å². The fourth-order valence-corrected chi connectivity index (χ4v) is 1.63. The monoisotopic (exact) mass is 233 g/mol. The number of hydrogen-bond acceptors (Lipinski definition) is 2. The molecular weight excluding hydrogens is 217 g/mol. The second kappa shape index (κ2) is 5.59. The SMILES string of the molecule is CCCNCc1cnn(-c2ccccc2F)c1. The van der Waals surface area contributed by atoms with E-state index < -0.39 is 0 Å². The first-order valence-electron chi connectivity index (χ1n) is 5.80. The molecule has 1 N–H and O–H groups in total. The highest BCUT2D eigenvalue weighted by atomic mass is 19.1. The summed E-state index contributed by atoms with van der Waals surface area (Å²) in [5, 5.41) is 7.45. The smallest absolute Gasteiger partial charge is 0.148 e. The van der Waals surface area contributed by atoms with E-state index in [0.717, 1.165) is 25.1 Å². The van der Waals surface area contributed by atoms with Crippen LogP contribution >= 0.6 is 0 Å². The van der Waals surface area contributed by atoms with Gasteiger partial charge in [-0.05, 0) is 25.1 Å². The quantitative estimate of drug-likeness (QED) is 0.804. The zero-order valence-electron chi connectivity index (χ0n) is 9.86. The van der Waals surface area contributed by atoms with Crippen molar-refractivity contribution in [1.82, 2.24) is 15.1 Å². The molecule has 1 aromatic carbocycles. The lowest BCUT2D eigenvalue weighted by Crippen LogP contribution is -2.13. The number of rotatable bonds is 5. The Morgan fingerprint density at radius 1 is 1.35 bits per heavy atom. The molecular formula is C13H16FN3. The summed E-state index contributed by atoms with van der Waals surface area (Å²) < 4.78 is 15.1. The van der Waals surface area contributed by atoms with Crippen LogP contribution in [0.3, 0.4) is 0 Å². The van der Waals surface area contributed by atoms with Crippen LogP contribution in [0, 0.1) is 5.82 Å². The normalized spacial score (nSPS) is 10.7. The van der Waals surface area contributed by atoms with Gasteiger partial charge in [-0.25, -0.2) is 9.07 Å². The Labute approximate surface area is 100 Å². The van der Waals surface area contributed by atoms with Gasteiger partial charge in [-0.3, -0.25) is 0 Å². The summed E-state index contributed by atoms with van der Waals surface area (Å²) in [6.45, 7) is 3.86. The van der Waals surface area contributed by atoms with Crippen molar-refractivity contribution in [2.75, 3.05) is 6.54 Å². The minimum atomic E-state index is -0.260. The van der Waals surface area contributed by atoms with Gasteiger partial charge in [-0.2, -0.15) is 5.10 Å². The molecule has 0 unspecified atom stereocenters. The molecule has 0 fully saturated rings. The van der Waals surface area contributed by atoms with Crippen LogP contribution in [-0.4, -0.2) is 16.3 Å². The molecule has 0 amide bonds. The van der Waals surface area contributed by atoms with Gasteiger partial charge in [-0.15, -0.1) is 0 Å². The Balaban J connectivity index is 2.10. The van der Waals surface area contributed by atoms with Crippen molar-refractivity contribution in [2.45, 2.75) is 19.9 Å². The fourth-order valence-electron chi connectivity index (χ4n) is 1.63. The average molecular weight is 233 g/mol. The van der Waals surface area contributed by atoms with Gasteiger partial charge in [-0.1, -0.05) is 19.1 Å². The van der Waals surface area contributed by atoms with Crippen LogP contribution in [0.15, 0.2) is 36.7 Å². The van der Waals surface area contributed by atoms with Gasteiger partial charge >= 0.3 is 0 Å². The molecule has 2 rings (SSSR count). The third-order valence-electron chi connectivity index (χ3n) is 2.49. The molecule has 0 saturated heterocycles. The van der Waals surface area contributed by atoms with Crippen molar-refractivity contribution >= 4 is 0 Å². The number of nitrogens with one attached hydrogen (secondary N) is 1. The first-order valence-corrected chi connectivity index (χ1v) is 5.80. The molecule has 0 spiro atoms. The van der Waals surface area contributed by atoms with Crippen molar-refractivity contribution < 1.29 is 4.39 Å². The maximum atomic E-state index is 13.5. The molecule has 2 aromatic rings. The Bertz CT molecular complexity index is 479. The standard InChI is InChI=1S/C13H16FN3/c1-2-7-15-8-11-9-16-17(10-11)13-6-4-3-5-12(13)14/h3-6,9-10,15H,2,7-8H2,1H3. The lowest BCUT2D eigenvalue weighted by molar-refractivity contribution is 0.610. The zero-order chi connectivity index (χ0) is 12.1. The summed E-state index contributed by atoms with van der Waals surface area (Å²) >= 11 is 0. The van der Waals surface area contributed by atoms with Crippen LogP contribution in [0.25, 0.3) is 5.69 Å². The summed E-state index contributed by atoms with van der Waals surface area (Å²) in [6, 6.07) is 6.62. The number of benzene rings is 1. The van der Waals surface area contributed by atoms with Crippen LogP contribution < -0.4 is 5.32 Å². The molecule has 0 saturated carbocycles. The predicted molar refractivity (Wildman–Crippen MR) is 65.5 cm³/mol. The molecule has 0 aliphatic rings. The van der Waals surface area contributed by atoms with Gasteiger partial charge in [0.15, 0.2) is 0 Å². The predicted octanol–water partition coefficient (Wildman–Crippen LogP) is 2.51. The van der Waals surface area contributed by atoms with Crippen LogP contribution in [0.4, 0.5) is 4.39 Å². The van der Waals surface area contributed by atoms with E-state index in [1.807, 2.05) is 6.20 Å². The molecule has 0 aliphatic heterocycles. The maximum Gasteiger partial charge on any atom is 0.148 e. The van der Waals surface area contributed by atoms with Crippen molar-refractivity contribution in [1.29, 1.82) is 0 Å². The van der Waals surface area contributed by atoms with Crippen molar-refractivity contribution in [2.24, 2.45) is 0 Å². The number of nitrogens with zero attached hydrogens (tertiary/aromatic N) is 2. The molecule has 4 heteroatoms. The van der Waals surface area contributed by atoms with E-state index in [2.05, 4.69) is 17.3 Å². The van der Waals surface area contributed by atoms with Gasteiger partial charge in [0, 0.05) is 18.3 Å². The van der Waals surface area contributed by atoms with Gasteiger partial charge in [0.1, 0.15) is 11.5 Å².